The van der Waals surface area contributed by atoms with Gasteiger partial charge in [-0.25, -0.2) is 4.98 Å². The smallest absolute Gasteiger partial charge is 0.257 e. The van der Waals surface area contributed by atoms with Crippen molar-refractivity contribution >= 4 is 28.3 Å². The first-order chi connectivity index (χ1) is 9.22. The summed E-state index contributed by atoms with van der Waals surface area (Å²) in [5.74, 6) is 0.864. The van der Waals surface area contributed by atoms with Gasteiger partial charge >= 0.3 is 0 Å². The molecular weight excluding hydrogens is 266 g/mol. The number of carbonyl (C=O) groups excluding carboxylic acids is 1. The molecule has 0 unspecified atom stereocenters. The molecule has 0 aliphatic rings. The van der Waals surface area contributed by atoms with Gasteiger partial charge in [0, 0.05) is 20.0 Å². The van der Waals surface area contributed by atoms with Crippen LogP contribution in [-0.4, -0.2) is 39.1 Å². The van der Waals surface area contributed by atoms with Crippen LogP contribution in [0.4, 0.5) is 10.8 Å². The molecule has 2 heterocycles. The molecule has 2 aromatic rings. The van der Waals surface area contributed by atoms with Crippen LogP contribution in [0.3, 0.4) is 0 Å². The van der Waals surface area contributed by atoms with Crippen LogP contribution in [0, 0.1) is 0 Å². The molecule has 0 fully saturated rings. The van der Waals surface area contributed by atoms with E-state index in [1.165, 1.54) is 17.9 Å². The largest absolute Gasteiger partial charge is 0.382 e. The number of aromatic nitrogens is 4. The van der Waals surface area contributed by atoms with Gasteiger partial charge in [0.2, 0.25) is 0 Å². The zero-order valence-corrected chi connectivity index (χ0v) is 11.3. The Labute approximate surface area is 114 Å². The van der Waals surface area contributed by atoms with Crippen molar-refractivity contribution in [3.8, 4) is 0 Å². The van der Waals surface area contributed by atoms with Crippen molar-refractivity contribution in [2.75, 3.05) is 24.6 Å². The highest BCUT2D eigenvalue weighted by atomic mass is 32.1. The van der Waals surface area contributed by atoms with Crippen molar-refractivity contribution < 1.29 is 4.79 Å². The van der Waals surface area contributed by atoms with E-state index in [1.54, 1.807) is 7.05 Å². The number of nitrogens with zero attached hydrogens (tertiary/aromatic N) is 3. The van der Waals surface area contributed by atoms with E-state index < -0.39 is 0 Å². The summed E-state index contributed by atoms with van der Waals surface area (Å²) >= 11 is 1.19. The van der Waals surface area contributed by atoms with Gasteiger partial charge in [0.25, 0.3) is 5.91 Å². The maximum atomic E-state index is 11.6. The Morgan fingerprint density at radius 2 is 2.42 bits per heavy atom. The molecule has 102 valence electrons. The zero-order valence-electron chi connectivity index (χ0n) is 10.4. The molecule has 8 nitrogen and oxygen atoms in total. The first-order valence-electron chi connectivity index (χ1n) is 5.77. The Kier molecular flexibility index (Phi) is 4.29. The molecule has 0 atom stereocenters. The molecule has 0 bridgehead atoms. The van der Waals surface area contributed by atoms with Gasteiger partial charge in [0.1, 0.15) is 22.7 Å². The van der Waals surface area contributed by atoms with Crippen LogP contribution < -0.4 is 16.4 Å². The van der Waals surface area contributed by atoms with Gasteiger partial charge in [0.05, 0.1) is 0 Å². The maximum Gasteiger partial charge on any atom is 0.257 e. The predicted octanol–water partition coefficient (Wildman–Crippen LogP) is 0.248. The number of H-pyrrole nitrogens is 1. The fraction of sp³-hybridized carbons (Fsp3) is 0.400. The lowest BCUT2D eigenvalue weighted by atomic mass is 10.2. The maximum absolute atomic E-state index is 11.6. The Hall–Kier alpha value is -2.16. The zero-order chi connectivity index (χ0) is 13.7. The number of nitrogen functional groups attached to an aromatic ring is 1. The molecular formula is C10H15N7OS. The topological polar surface area (TPSA) is 122 Å². The number of rotatable bonds is 6. The van der Waals surface area contributed by atoms with Crippen LogP contribution in [0.25, 0.3) is 0 Å². The molecule has 0 saturated heterocycles. The number of nitrogens with two attached hydrogens (primary N) is 1. The summed E-state index contributed by atoms with van der Waals surface area (Å²) < 4.78 is 3.98. The molecule has 0 spiro atoms. The Bertz CT molecular complexity index is 536. The minimum absolute atomic E-state index is 0.232. The van der Waals surface area contributed by atoms with Crippen LogP contribution in [0.15, 0.2) is 6.33 Å². The van der Waals surface area contributed by atoms with E-state index in [4.69, 9.17) is 5.73 Å². The van der Waals surface area contributed by atoms with E-state index in [9.17, 15) is 4.79 Å². The average Bonchev–Trinajstić information content (AvgIpc) is 3.04. The number of aryl methyl sites for hydroxylation is 1. The van der Waals surface area contributed by atoms with Crippen LogP contribution >= 0.6 is 11.5 Å². The third-order valence-electron chi connectivity index (χ3n) is 2.51. The van der Waals surface area contributed by atoms with Crippen LogP contribution in [-0.2, 0) is 6.42 Å². The molecule has 9 heteroatoms. The second-order valence-electron chi connectivity index (χ2n) is 3.81. The molecule has 19 heavy (non-hydrogen) atoms. The highest BCUT2D eigenvalue weighted by Crippen LogP contribution is 2.26. The second-order valence-corrected chi connectivity index (χ2v) is 4.59. The van der Waals surface area contributed by atoms with E-state index in [1.807, 2.05) is 0 Å². The van der Waals surface area contributed by atoms with Crippen molar-refractivity contribution in [3.63, 3.8) is 0 Å². The first kappa shape index (κ1) is 13.3. The van der Waals surface area contributed by atoms with Gasteiger partial charge in [-0.15, -0.1) is 0 Å². The molecule has 0 aliphatic heterocycles. The Morgan fingerprint density at radius 1 is 1.58 bits per heavy atom. The molecule has 1 amide bonds. The van der Waals surface area contributed by atoms with Crippen LogP contribution in [0.2, 0.25) is 0 Å². The van der Waals surface area contributed by atoms with E-state index in [2.05, 4.69) is 30.2 Å². The fourth-order valence-electron chi connectivity index (χ4n) is 1.58. The number of hydrogen-bond donors (Lipinski definition) is 4. The van der Waals surface area contributed by atoms with E-state index in [0.29, 0.717) is 17.1 Å². The highest BCUT2D eigenvalue weighted by Gasteiger charge is 2.17. The summed E-state index contributed by atoms with van der Waals surface area (Å²) in [5, 5.41) is 13.0. The number of carbonyl (C=O) groups is 1. The summed E-state index contributed by atoms with van der Waals surface area (Å²) in [7, 11) is 1.56. The molecule has 0 saturated carbocycles. The third-order valence-corrected chi connectivity index (χ3v) is 3.33. The van der Waals surface area contributed by atoms with E-state index in [-0.39, 0.29) is 11.7 Å². The standard InChI is InChI=1S/C10H15N7OS/c1-12-9(18)7-8(11)17-19-10(7)13-4-2-3-6-14-5-15-16-6/h5,13H,2-4H2,1H3,(H2,11,17)(H,12,18)(H,14,15,16). The summed E-state index contributed by atoms with van der Waals surface area (Å²) in [6.07, 6.45) is 3.13. The monoisotopic (exact) mass is 281 g/mol. The second kappa shape index (κ2) is 6.14. The summed E-state index contributed by atoms with van der Waals surface area (Å²) in [6, 6.07) is 0. The van der Waals surface area contributed by atoms with Crippen molar-refractivity contribution in [1.29, 1.82) is 0 Å². The fourth-order valence-corrected chi connectivity index (χ4v) is 2.31. The quantitative estimate of drug-likeness (QED) is 0.563. The lowest BCUT2D eigenvalue weighted by Crippen LogP contribution is -2.20. The lowest BCUT2D eigenvalue weighted by Gasteiger charge is -2.05. The van der Waals surface area contributed by atoms with Crippen LogP contribution in [0.1, 0.15) is 22.6 Å². The number of anilines is 2. The molecule has 0 aliphatic carbocycles. The summed E-state index contributed by atoms with van der Waals surface area (Å²) in [4.78, 5) is 15.7. The first-order valence-corrected chi connectivity index (χ1v) is 6.55. The number of hydrogen-bond acceptors (Lipinski definition) is 7. The van der Waals surface area contributed by atoms with Crippen LogP contribution in [0.5, 0.6) is 0 Å². The van der Waals surface area contributed by atoms with Gasteiger partial charge in [-0.1, -0.05) is 0 Å². The molecule has 2 aromatic heterocycles. The van der Waals surface area contributed by atoms with Crippen molar-refractivity contribution in [3.05, 3.63) is 17.7 Å². The van der Waals surface area contributed by atoms with Crippen molar-refractivity contribution in [2.24, 2.45) is 0 Å². The minimum Gasteiger partial charge on any atom is -0.382 e. The average molecular weight is 281 g/mol. The van der Waals surface area contributed by atoms with E-state index in [0.717, 1.165) is 18.7 Å². The van der Waals surface area contributed by atoms with Crippen molar-refractivity contribution in [1.82, 2.24) is 24.9 Å². The summed E-state index contributed by atoms with van der Waals surface area (Å²) in [5.41, 5.74) is 6.08. The highest BCUT2D eigenvalue weighted by molar-refractivity contribution is 7.11. The lowest BCUT2D eigenvalue weighted by molar-refractivity contribution is 0.0965. The number of amides is 1. The van der Waals surface area contributed by atoms with Gasteiger partial charge in [-0.05, 0) is 18.0 Å². The molecule has 0 radical (unpaired) electrons. The summed E-state index contributed by atoms with van der Waals surface area (Å²) in [6.45, 7) is 0.701. The van der Waals surface area contributed by atoms with E-state index >= 15 is 0 Å². The van der Waals surface area contributed by atoms with Gasteiger partial charge in [-0.2, -0.15) is 9.47 Å². The minimum atomic E-state index is -0.232. The Morgan fingerprint density at radius 3 is 3.11 bits per heavy atom. The molecule has 5 N–H and O–H groups in total. The molecule has 0 aromatic carbocycles. The number of nitrogens with one attached hydrogen (secondary N) is 3. The normalized spacial score (nSPS) is 10.4. The van der Waals surface area contributed by atoms with Crippen molar-refractivity contribution in [2.45, 2.75) is 12.8 Å². The number of aromatic amines is 1. The predicted molar refractivity (Wildman–Crippen MR) is 73.1 cm³/mol. The van der Waals surface area contributed by atoms with Gasteiger partial charge in [0.15, 0.2) is 5.82 Å². The SMILES string of the molecule is CNC(=O)c1c(N)nsc1NCCCc1ncn[nH]1. The Balaban J connectivity index is 1.87. The third kappa shape index (κ3) is 3.19. The molecule has 2 rings (SSSR count). The van der Waals surface area contributed by atoms with Gasteiger partial charge < -0.3 is 16.4 Å². The van der Waals surface area contributed by atoms with Gasteiger partial charge in [-0.3, -0.25) is 9.89 Å².